The first kappa shape index (κ1) is 30.9. The Morgan fingerprint density at radius 3 is 2.71 bits per heavy atom. The second-order valence-corrected chi connectivity index (χ2v) is 15.8. The number of ether oxygens (including phenoxy) is 2. The van der Waals surface area contributed by atoms with Crippen molar-refractivity contribution in [3.8, 4) is 0 Å². The second kappa shape index (κ2) is 11.4. The van der Waals surface area contributed by atoms with Gasteiger partial charge < -0.3 is 18.8 Å². The summed E-state index contributed by atoms with van der Waals surface area (Å²) in [4.78, 5) is 14.6. The van der Waals surface area contributed by atoms with Crippen LogP contribution in [0.2, 0.25) is 0 Å². The molecule has 252 valence electrons. The molecule has 0 amide bonds. The maximum atomic E-state index is 12.0. The molecule has 0 radical (unpaired) electrons. The number of hydrogen-bond donors (Lipinski definition) is 0. The summed E-state index contributed by atoms with van der Waals surface area (Å²) in [7, 11) is 0. The van der Waals surface area contributed by atoms with Gasteiger partial charge in [-0.25, -0.2) is 0 Å². The molecular weight excluding hydrogens is 608 g/mol. The number of carbonyl (C=O) groups is 1. The van der Waals surface area contributed by atoms with Crippen molar-refractivity contribution >= 4 is 39.1 Å². The Hall–Kier alpha value is -4.16. The topological polar surface area (TPSA) is 55.8 Å². The highest BCUT2D eigenvalue weighted by Crippen LogP contribution is 2.57. The van der Waals surface area contributed by atoms with E-state index < -0.39 is 0 Å². The van der Waals surface area contributed by atoms with E-state index >= 15 is 0 Å². The fraction of sp³-hybridized carbons (Fsp3) is 0.442. The Balaban J connectivity index is 1.12. The summed E-state index contributed by atoms with van der Waals surface area (Å²) in [5, 5.41) is 2.35. The van der Waals surface area contributed by atoms with Crippen molar-refractivity contribution in [3.05, 3.63) is 101 Å². The van der Waals surface area contributed by atoms with Gasteiger partial charge in [-0.2, -0.15) is 4.57 Å². The Morgan fingerprint density at radius 2 is 1.84 bits per heavy atom. The van der Waals surface area contributed by atoms with Crippen LogP contribution in [-0.2, 0) is 26.2 Å². The van der Waals surface area contributed by atoms with E-state index in [1.807, 2.05) is 6.92 Å². The maximum absolute atomic E-state index is 12.0. The maximum Gasteiger partial charge on any atom is 0.380 e. The lowest BCUT2D eigenvalue weighted by Crippen LogP contribution is -2.56. The summed E-state index contributed by atoms with van der Waals surface area (Å²) in [6, 6.07) is 22.0. The molecule has 5 heterocycles. The first-order valence-corrected chi connectivity index (χ1v) is 18.5. The van der Waals surface area contributed by atoms with Gasteiger partial charge in [-0.1, -0.05) is 75.2 Å². The lowest BCUT2D eigenvalue weighted by Gasteiger charge is -2.46. The summed E-state index contributed by atoms with van der Waals surface area (Å²) in [5.74, 6) is 1.33. The molecule has 4 aliphatic heterocycles. The van der Waals surface area contributed by atoms with Gasteiger partial charge in [0.05, 0.1) is 23.7 Å². The monoisotopic (exact) mass is 655 g/mol. The van der Waals surface area contributed by atoms with Crippen LogP contribution < -0.4 is 9.47 Å². The number of hydrogen-bond acceptors (Lipinski definition) is 5. The fourth-order valence-corrected chi connectivity index (χ4v) is 9.79. The molecule has 5 aliphatic rings. The van der Waals surface area contributed by atoms with Gasteiger partial charge in [-0.15, -0.1) is 0 Å². The first-order chi connectivity index (χ1) is 23.8. The number of allylic oxidation sites excluding steroid dienone is 3. The molecule has 4 aromatic rings. The van der Waals surface area contributed by atoms with Gasteiger partial charge in [-0.3, -0.25) is 4.79 Å². The molecule has 0 bridgehead atoms. The molecule has 0 fully saturated rings. The number of oxazole rings is 1. The molecule has 0 saturated heterocycles. The third kappa shape index (κ3) is 4.77. The lowest BCUT2D eigenvalue weighted by atomic mass is 9.69. The molecule has 3 aromatic carbocycles. The Kier molecular flexibility index (Phi) is 7.21. The highest BCUT2D eigenvalue weighted by Gasteiger charge is 2.53. The van der Waals surface area contributed by atoms with E-state index in [9.17, 15) is 4.79 Å². The highest BCUT2D eigenvalue weighted by molar-refractivity contribution is 6.02. The predicted molar refractivity (Wildman–Crippen MR) is 193 cm³/mol. The third-order valence-electron chi connectivity index (χ3n) is 12.1. The van der Waals surface area contributed by atoms with Crippen LogP contribution in [0.25, 0.3) is 27.4 Å². The van der Waals surface area contributed by atoms with Crippen LogP contribution in [0.5, 0.6) is 0 Å². The molecule has 0 saturated carbocycles. The van der Waals surface area contributed by atoms with Crippen molar-refractivity contribution in [3.63, 3.8) is 0 Å². The molecule has 9 rings (SSSR count). The van der Waals surface area contributed by atoms with E-state index in [2.05, 4.69) is 103 Å². The molecule has 4 atom stereocenters. The van der Waals surface area contributed by atoms with Gasteiger partial charge in [0.15, 0.2) is 6.54 Å². The van der Waals surface area contributed by atoms with Crippen LogP contribution in [0.4, 0.5) is 5.69 Å². The number of anilines is 1. The summed E-state index contributed by atoms with van der Waals surface area (Å²) in [5.41, 5.74) is 10.1. The summed E-state index contributed by atoms with van der Waals surface area (Å²) in [6.45, 7) is 11.4. The van der Waals surface area contributed by atoms with E-state index in [4.69, 9.17) is 13.9 Å². The molecule has 0 spiro atoms. The third-order valence-corrected chi connectivity index (χ3v) is 12.1. The first-order valence-electron chi connectivity index (χ1n) is 18.5. The van der Waals surface area contributed by atoms with E-state index in [0.717, 1.165) is 79.6 Å². The van der Waals surface area contributed by atoms with Crippen molar-refractivity contribution in [2.75, 3.05) is 18.1 Å². The number of fused-ring (bicyclic) bond motifs is 12. The summed E-state index contributed by atoms with van der Waals surface area (Å²) in [6.07, 6.45) is 11.7. The van der Waals surface area contributed by atoms with Gasteiger partial charge >= 0.3 is 11.9 Å². The van der Waals surface area contributed by atoms with Crippen LogP contribution in [0.3, 0.4) is 0 Å². The molecule has 1 aromatic heterocycles. The average Bonchev–Trinajstić information content (AvgIpc) is 3.59. The number of carbonyl (C=O) groups excluding carboxylic acids is 1. The van der Waals surface area contributed by atoms with Crippen LogP contribution in [0.1, 0.15) is 84.1 Å². The van der Waals surface area contributed by atoms with Crippen LogP contribution in [0, 0.1) is 11.3 Å². The van der Waals surface area contributed by atoms with Gasteiger partial charge in [0.2, 0.25) is 5.58 Å². The molecule has 6 heteroatoms. The summed E-state index contributed by atoms with van der Waals surface area (Å²) >= 11 is 0. The van der Waals surface area contributed by atoms with E-state index in [1.54, 1.807) is 0 Å². The predicted octanol–water partition coefficient (Wildman–Crippen LogP) is 8.96. The number of para-hydroxylation sites is 1. The van der Waals surface area contributed by atoms with Crippen molar-refractivity contribution < 1.29 is 23.3 Å². The molecule has 1 unspecified atom stereocenters. The van der Waals surface area contributed by atoms with Crippen LogP contribution in [-0.4, -0.2) is 31.3 Å². The molecule has 6 nitrogen and oxygen atoms in total. The van der Waals surface area contributed by atoms with E-state index in [-0.39, 0.29) is 29.0 Å². The van der Waals surface area contributed by atoms with Crippen molar-refractivity contribution in [2.24, 2.45) is 11.3 Å². The van der Waals surface area contributed by atoms with Crippen molar-refractivity contribution in [2.45, 2.75) is 96.8 Å². The molecule has 49 heavy (non-hydrogen) atoms. The number of aromatic nitrogens is 1. The van der Waals surface area contributed by atoms with Crippen LogP contribution >= 0.6 is 0 Å². The van der Waals surface area contributed by atoms with Gasteiger partial charge in [0.1, 0.15) is 6.10 Å². The summed E-state index contributed by atoms with van der Waals surface area (Å²) < 4.78 is 21.6. The smallest absolute Gasteiger partial charge is 0.380 e. The van der Waals surface area contributed by atoms with Gasteiger partial charge in [0, 0.05) is 41.2 Å². The van der Waals surface area contributed by atoms with Crippen LogP contribution in [0.15, 0.2) is 94.1 Å². The number of benzene rings is 3. The number of nitrogens with zero attached hydrogens (tertiary/aromatic N) is 2. The number of rotatable bonds is 7. The molecular formula is C43H47N2O4+. The zero-order chi connectivity index (χ0) is 33.5. The minimum atomic E-state index is -0.0848. The quantitative estimate of drug-likeness (QED) is 0.113. The minimum Gasteiger partial charge on any atom is -0.466 e. The zero-order valence-electron chi connectivity index (χ0n) is 29.3. The highest BCUT2D eigenvalue weighted by atomic mass is 16.5. The van der Waals surface area contributed by atoms with Gasteiger partial charge in [0.25, 0.3) is 5.52 Å². The second-order valence-electron chi connectivity index (χ2n) is 15.8. The van der Waals surface area contributed by atoms with E-state index in [1.165, 1.54) is 33.5 Å². The molecule has 1 aliphatic carbocycles. The normalized spacial score (nSPS) is 26.3. The standard InChI is InChI=1S/C43H47N2O4/c1-5-47-37(46)17-7-6-12-21-43(4)33-15-10-11-16-34(33)44-22-20-28-25-36-29(23-31(28)39(43)44)24-32-40(48-36)42(2,3)26-45-35-19-18-27-13-8-9-14-30(27)38(35)49-41(32)45/h8-11,13-16,18-19,23-24,28,36,40H,5-7,12,17,20-22,25-26H2,1-4H3/q+1/t28-,36+,40+,43?/m0/s1. The Morgan fingerprint density at radius 1 is 1.00 bits per heavy atom. The van der Waals surface area contributed by atoms with Gasteiger partial charge in [-0.05, 0) is 85.8 Å². The number of esters is 1. The largest absolute Gasteiger partial charge is 0.466 e. The van der Waals surface area contributed by atoms with Crippen molar-refractivity contribution in [1.82, 2.24) is 0 Å². The fourth-order valence-electron chi connectivity index (χ4n) is 9.79. The SMILES string of the molecule is CCOC(=O)CCCCCC1(C)C2=C3C=C4C=C5c6oc7c8ccccc8ccc7[n+]6CC(C)(C)[C@@H]5O[C@@H]4C[C@@H]3CCN2c2ccccc21. The average molecular weight is 656 g/mol. The van der Waals surface area contributed by atoms with E-state index in [0.29, 0.717) is 18.9 Å². The molecule has 0 N–H and O–H groups in total. The minimum absolute atomic E-state index is 0.0219. The Bertz CT molecular complexity index is 2100. The van der Waals surface area contributed by atoms with Crippen molar-refractivity contribution in [1.29, 1.82) is 0 Å². The zero-order valence-corrected chi connectivity index (χ0v) is 29.3. The lowest BCUT2D eigenvalue weighted by molar-refractivity contribution is -0.697. The Labute approximate surface area is 289 Å². The number of unbranched alkanes of at least 4 members (excludes halogenated alkanes) is 2.